The van der Waals surface area contributed by atoms with E-state index >= 15 is 0 Å². The molecule has 2 saturated heterocycles. The number of pyridine rings is 1. The van der Waals surface area contributed by atoms with E-state index in [0.717, 1.165) is 41.4 Å². The predicted molar refractivity (Wildman–Crippen MR) is 99.5 cm³/mol. The van der Waals surface area contributed by atoms with Crippen molar-refractivity contribution in [1.82, 2.24) is 9.88 Å². The van der Waals surface area contributed by atoms with Crippen molar-refractivity contribution in [2.75, 3.05) is 13.1 Å². The average molecular weight is 446 g/mol. The molecule has 1 aromatic heterocycles. The van der Waals surface area contributed by atoms with Gasteiger partial charge in [-0.1, -0.05) is 6.07 Å². The Morgan fingerprint density at radius 2 is 1.87 bits per heavy atom. The van der Waals surface area contributed by atoms with Crippen LogP contribution in [0.1, 0.15) is 38.3 Å². The Hall–Kier alpha value is -0.331. The van der Waals surface area contributed by atoms with E-state index in [1.165, 1.54) is 25.7 Å². The summed E-state index contributed by atoms with van der Waals surface area (Å²) in [6.45, 7) is 4.09. The molecule has 0 amide bonds. The van der Waals surface area contributed by atoms with Crippen LogP contribution >= 0.6 is 14.1 Å². The van der Waals surface area contributed by atoms with Crippen LogP contribution in [-0.4, -0.2) is 33.8 Å². The van der Waals surface area contributed by atoms with E-state index < -0.39 is 0 Å². The fraction of sp³-hybridized carbons (Fsp3) is 0.562. The molecule has 2 aliphatic heterocycles. The second-order valence-electron chi connectivity index (χ2n) is 6.09. The molecule has 0 radical (unpaired) electrons. The minimum absolute atomic E-state index is 0.740. The molecule has 1 saturated carbocycles. The number of fused-ring (bicyclic) bond motifs is 4. The van der Waals surface area contributed by atoms with Gasteiger partial charge in [0.1, 0.15) is 0 Å². The molecule has 0 aromatic carbocycles. The van der Waals surface area contributed by atoms with Gasteiger partial charge in [0.15, 0.2) is 17.3 Å². The van der Waals surface area contributed by atoms with Gasteiger partial charge in [0.2, 0.25) is 0 Å². The second-order valence-corrected chi connectivity index (χ2v) is 6.49. The summed E-state index contributed by atoms with van der Waals surface area (Å²) in [5.74, 6) is 1.61. The van der Waals surface area contributed by atoms with Gasteiger partial charge >= 0.3 is 28.3 Å². The summed E-state index contributed by atoms with van der Waals surface area (Å²) in [6.07, 6.45) is 7.21. The van der Waals surface area contributed by atoms with Crippen LogP contribution in [0.5, 0.6) is 0 Å². The maximum atomic E-state index is 4.57. The monoisotopic (exact) mass is 444 g/mol. The molecule has 0 spiro atoms. The summed E-state index contributed by atoms with van der Waals surface area (Å²) >= 11 is 11.1. The maximum absolute atomic E-state index is 4.57. The Bertz CT molecular complexity index is 518. The molecule has 2 bridgehead atoms. The Balaban J connectivity index is 0.000000924. The van der Waals surface area contributed by atoms with Gasteiger partial charge in [0.05, 0.1) is 5.69 Å². The van der Waals surface area contributed by atoms with Crippen LogP contribution in [0.25, 0.3) is 5.43 Å². The number of rotatable bonds is 2. The van der Waals surface area contributed by atoms with Crippen LogP contribution in [-0.2, 0) is 26.4 Å². The number of halogens is 1. The zero-order chi connectivity index (χ0) is 16.7. The van der Waals surface area contributed by atoms with Crippen molar-refractivity contribution in [2.24, 2.45) is 16.9 Å². The van der Waals surface area contributed by atoms with Gasteiger partial charge in [0, 0.05) is 25.0 Å². The quantitative estimate of drug-likeness (QED) is 0.175. The first kappa shape index (κ1) is 19.0. The number of aromatic nitrogens is 1. The van der Waals surface area contributed by atoms with Crippen molar-refractivity contribution in [3.05, 3.63) is 35.5 Å². The molecule has 1 aromatic rings. The van der Waals surface area contributed by atoms with Gasteiger partial charge in [-0.15, -0.1) is 0 Å². The zero-order valence-corrected chi connectivity index (χ0v) is 16.5. The van der Waals surface area contributed by atoms with Crippen LogP contribution in [0, 0.1) is 11.8 Å². The molecule has 0 atom stereocenters. The number of hydrogen-bond acceptors (Lipinski definition) is 2. The molecule has 1 aliphatic carbocycles. The van der Waals surface area contributed by atoms with E-state index in [0.29, 0.717) is 0 Å². The van der Waals surface area contributed by atoms with Gasteiger partial charge in [0.25, 0.3) is 0 Å². The first-order chi connectivity index (χ1) is 11.2. The van der Waals surface area contributed by atoms with Crippen molar-refractivity contribution in [2.45, 2.75) is 32.6 Å². The van der Waals surface area contributed by atoms with Gasteiger partial charge in [-0.25, -0.2) is 4.90 Å². The third-order valence-electron chi connectivity index (χ3n) is 4.53. The second kappa shape index (κ2) is 9.84. The van der Waals surface area contributed by atoms with Crippen LogP contribution in [0.3, 0.4) is 0 Å². The van der Waals surface area contributed by atoms with Crippen LogP contribution in [0.4, 0.5) is 0 Å². The third kappa shape index (κ3) is 5.61. The van der Waals surface area contributed by atoms with Gasteiger partial charge in [-0.05, 0) is 56.6 Å². The molecule has 0 unspecified atom stereocenters. The van der Waals surface area contributed by atoms with Gasteiger partial charge in [-0.3, -0.25) is 4.98 Å². The summed E-state index contributed by atoms with van der Waals surface area (Å²) in [6, 6.07) is 5.80. The first-order valence-electron chi connectivity index (χ1n) is 7.81. The Morgan fingerprint density at radius 1 is 1.26 bits per heavy atom. The average Bonchev–Trinajstić information content (AvgIpc) is 2.96. The molecule has 4 rings (SSSR count). The minimum atomic E-state index is 0.740. The molecule has 3 heterocycles. The normalized spacial score (nSPS) is 24.4. The van der Waals surface area contributed by atoms with Crippen molar-refractivity contribution in [3.63, 3.8) is 0 Å². The van der Waals surface area contributed by atoms with E-state index in [2.05, 4.69) is 60.9 Å². The number of thiol groups is 1. The molecule has 3 aliphatic rings. The fourth-order valence-electron chi connectivity index (χ4n) is 3.27. The molecule has 3 fully saturated rings. The first-order valence-corrected chi connectivity index (χ1v) is 10.6. The van der Waals surface area contributed by atoms with Crippen LogP contribution < -0.4 is 0 Å². The van der Waals surface area contributed by atoms with Gasteiger partial charge in [-0.2, -0.15) is 0 Å². The predicted octanol–water partition coefficient (Wildman–Crippen LogP) is 3.51. The summed E-state index contributed by atoms with van der Waals surface area (Å²) < 4.78 is 0. The molecular weight excluding hydrogens is 424 g/mol. The molecule has 23 heavy (non-hydrogen) atoms. The summed E-state index contributed by atoms with van der Waals surface area (Å²) in [7, 11) is 0. The van der Waals surface area contributed by atoms with E-state index in [-0.39, 0.29) is 0 Å². The van der Waals surface area contributed by atoms with Crippen LogP contribution in [0.15, 0.2) is 29.5 Å². The van der Waals surface area contributed by atoms with Gasteiger partial charge < -0.3 is 10.5 Å². The van der Waals surface area contributed by atoms with Crippen molar-refractivity contribution in [3.8, 4) is 0 Å². The van der Waals surface area contributed by atoms with Crippen LogP contribution in [0.2, 0.25) is 0 Å². The zero-order valence-electron chi connectivity index (χ0n) is 13.1. The van der Waals surface area contributed by atoms with E-state index in [9.17, 15) is 0 Å². The SMILES string of the molecule is CC(=N[N-]C(=[SH+])N1CC2CCC(CC2)C1)c1ccccn1.[Cu+][Br]. The standard InChI is InChI=1S/C16H22N4S.BrH.Cu/c1-12(15-4-2-3-9-17-15)18-19-16(21)20-10-13-5-6-14(11-20)8-7-13;;/h2-4,9,13-14H,5-8,10-11H2,1H3,(H,17,19,21);1H;/q;;+2/p-1. The molecule has 7 heteroatoms. The molecular formula is C16H22BrCuN4S+. The number of nitrogens with zero attached hydrogens (tertiary/aromatic N) is 4. The van der Waals surface area contributed by atoms with E-state index in [1.807, 2.05) is 25.1 Å². The Morgan fingerprint density at radius 3 is 2.39 bits per heavy atom. The van der Waals surface area contributed by atoms with E-state index in [4.69, 9.17) is 0 Å². The fourth-order valence-corrected chi connectivity index (χ4v) is 3.48. The van der Waals surface area contributed by atoms with Crippen molar-refractivity contribution < 1.29 is 14.2 Å². The summed E-state index contributed by atoms with van der Waals surface area (Å²) in [5.41, 5.74) is 6.00. The topological polar surface area (TPSA) is 42.6 Å². The Labute approximate surface area is 159 Å². The van der Waals surface area contributed by atoms with Crippen molar-refractivity contribution >= 4 is 37.2 Å². The molecule has 4 nitrogen and oxygen atoms in total. The number of hydrogen-bond donors (Lipinski definition) is 0. The molecule has 0 N–H and O–H groups in total. The van der Waals surface area contributed by atoms with E-state index in [1.54, 1.807) is 6.20 Å². The van der Waals surface area contributed by atoms with Crippen molar-refractivity contribution in [1.29, 1.82) is 0 Å². The third-order valence-corrected chi connectivity index (χ3v) is 4.90. The Kier molecular flexibility index (Phi) is 8.13. The summed E-state index contributed by atoms with van der Waals surface area (Å²) in [4.78, 5) is 6.58. The summed E-state index contributed by atoms with van der Waals surface area (Å²) in [5, 5.41) is 5.03. The molecule has 129 valence electrons.